The number of hydrogen-bond donors (Lipinski definition) is 2. The molecule has 2 N–H and O–H groups in total. The third-order valence-corrected chi connectivity index (χ3v) is 2.74. The number of rotatable bonds is 4. The van der Waals surface area contributed by atoms with Gasteiger partial charge in [0.1, 0.15) is 5.75 Å². The average Bonchev–Trinajstić information content (AvgIpc) is 2.34. The molecule has 2 aromatic carbocycles. The Morgan fingerprint density at radius 3 is 2.50 bits per heavy atom. The second kappa shape index (κ2) is 5.45. The van der Waals surface area contributed by atoms with Crippen LogP contribution in [-0.4, -0.2) is 16.8 Å². The van der Waals surface area contributed by atoms with Crippen LogP contribution in [0.15, 0.2) is 42.5 Å². The van der Waals surface area contributed by atoms with Crippen LogP contribution in [0.1, 0.15) is 11.1 Å². The van der Waals surface area contributed by atoms with Crippen molar-refractivity contribution < 1.29 is 14.9 Å². The highest BCUT2D eigenvalue weighted by atomic mass is 16.5. The second-order valence-corrected chi connectivity index (χ2v) is 4.20. The summed E-state index contributed by atoms with van der Waals surface area (Å²) in [7, 11) is 0. The summed E-state index contributed by atoms with van der Waals surface area (Å²) < 4.78 is 5.46. The summed E-state index contributed by atoms with van der Waals surface area (Å²) in [6.45, 7) is 2.34. The molecule has 0 unspecified atom stereocenters. The highest BCUT2D eigenvalue weighted by Crippen LogP contribution is 2.25. The number of aryl methyl sites for hydroxylation is 1. The minimum atomic E-state index is 0.130. The van der Waals surface area contributed by atoms with E-state index in [1.165, 1.54) is 0 Å². The Labute approximate surface area is 106 Å². The Hall–Kier alpha value is -2.16. The Kier molecular flexibility index (Phi) is 3.72. The molecule has 0 amide bonds. The number of para-hydroxylation sites is 2. The number of hydrogen-bond acceptors (Lipinski definition) is 3. The highest BCUT2D eigenvalue weighted by Gasteiger charge is 2.03. The van der Waals surface area contributed by atoms with Crippen LogP contribution in [0.4, 0.5) is 0 Å². The fraction of sp³-hybridized carbons (Fsp3) is 0.200. The Morgan fingerprint density at radius 2 is 1.78 bits per heavy atom. The molecule has 0 saturated heterocycles. The molecule has 0 spiro atoms. The Balaban J connectivity index is 1.95. The van der Waals surface area contributed by atoms with Gasteiger partial charge in [-0.25, -0.2) is 0 Å². The Bertz CT molecular complexity index is 535. The topological polar surface area (TPSA) is 49.7 Å². The maximum Gasteiger partial charge on any atom is 0.160 e. The number of ether oxygens (including phenoxy) is 1. The number of phenols is 2. The summed E-state index contributed by atoms with van der Waals surface area (Å²) >= 11 is 0. The van der Waals surface area contributed by atoms with E-state index in [4.69, 9.17) is 4.74 Å². The first-order valence-corrected chi connectivity index (χ1v) is 5.86. The summed E-state index contributed by atoms with van der Waals surface area (Å²) in [5, 5.41) is 19.3. The van der Waals surface area contributed by atoms with Gasteiger partial charge in [-0.15, -0.1) is 0 Å². The van der Waals surface area contributed by atoms with Gasteiger partial charge in [-0.2, -0.15) is 0 Å². The third kappa shape index (κ3) is 2.94. The molecule has 3 heteroatoms. The first kappa shape index (κ1) is 12.3. The van der Waals surface area contributed by atoms with Gasteiger partial charge in [0.2, 0.25) is 0 Å². The highest BCUT2D eigenvalue weighted by molar-refractivity contribution is 5.38. The molecular formula is C15H16O3. The molecule has 2 rings (SSSR count). The molecule has 0 radical (unpaired) electrons. The number of benzene rings is 2. The molecule has 0 bridgehead atoms. The zero-order chi connectivity index (χ0) is 13.0. The van der Waals surface area contributed by atoms with E-state index < -0.39 is 0 Å². The lowest BCUT2D eigenvalue weighted by Gasteiger charge is -2.09. The molecule has 0 aliphatic carbocycles. The van der Waals surface area contributed by atoms with E-state index in [1.807, 2.05) is 19.1 Å². The molecule has 3 nitrogen and oxygen atoms in total. The lowest BCUT2D eigenvalue weighted by atomic mass is 10.1. The van der Waals surface area contributed by atoms with E-state index in [2.05, 4.69) is 0 Å². The van der Waals surface area contributed by atoms with E-state index in [0.29, 0.717) is 18.8 Å². The quantitative estimate of drug-likeness (QED) is 0.869. The standard InChI is InChI=1S/C15H16O3/c1-11-6-7-12(14(17)10-11)8-9-18-15-5-3-2-4-13(15)16/h2-7,10,16-17H,8-9H2,1H3. The van der Waals surface area contributed by atoms with Crippen molar-refractivity contribution in [1.82, 2.24) is 0 Å². The molecule has 0 saturated carbocycles. The van der Waals surface area contributed by atoms with Gasteiger partial charge >= 0.3 is 0 Å². The number of phenolic OH excluding ortho intramolecular Hbond substituents is 2. The van der Waals surface area contributed by atoms with Crippen molar-refractivity contribution in [2.24, 2.45) is 0 Å². The summed E-state index contributed by atoms with van der Waals surface area (Å²) in [5.74, 6) is 0.880. The largest absolute Gasteiger partial charge is 0.508 e. The van der Waals surface area contributed by atoms with Crippen molar-refractivity contribution in [2.45, 2.75) is 13.3 Å². The Morgan fingerprint density at radius 1 is 1.00 bits per heavy atom. The van der Waals surface area contributed by atoms with E-state index in [-0.39, 0.29) is 11.5 Å². The van der Waals surface area contributed by atoms with Gasteiger partial charge in [-0.3, -0.25) is 0 Å². The van der Waals surface area contributed by atoms with Gasteiger partial charge < -0.3 is 14.9 Å². The van der Waals surface area contributed by atoms with Crippen LogP contribution in [0, 0.1) is 6.92 Å². The smallest absolute Gasteiger partial charge is 0.160 e. The lowest BCUT2D eigenvalue weighted by Crippen LogP contribution is -2.01. The maximum atomic E-state index is 9.74. The van der Waals surface area contributed by atoms with Crippen molar-refractivity contribution in [3.63, 3.8) is 0 Å². The van der Waals surface area contributed by atoms with E-state index in [1.54, 1.807) is 30.3 Å². The molecule has 0 aliphatic heterocycles. The third-order valence-electron chi connectivity index (χ3n) is 2.74. The van der Waals surface area contributed by atoms with Crippen LogP contribution in [0.2, 0.25) is 0 Å². The van der Waals surface area contributed by atoms with Crippen molar-refractivity contribution in [1.29, 1.82) is 0 Å². The lowest BCUT2D eigenvalue weighted by molar-refractivity contribution is 0.301. The average molecular weight is 244 g/mol. The van der Waals surface area contributed by atoms with E-state index >= 15 is 0 Å². The van der Waals surface area contributed by atoms with Crippen molar-refractivity contribution in [3.8, 4) is 17.2 Å². The van der Waals surface area contributed by atoms with Crippen molar-refractivity contribution >= 4 is 0 Å². The van der Waals surface area contributed by atoms with Gasteiger partial charge in [0.15, 0.2) is 11.5 Å². The molecule has 94 valence electrons. The van der Waals surface area contributed by atoms with Crippen LogP contribution in [0.5, 0.6) is 17.2 Å². The summed E-state index contributed by atoms with van der Waals surface area (Å²) in [6.07, 6.45) is 0.598. The molecule has 0 fully saturated rings. The molecule has 0 atom stereocenters. The summed E-state index contributed by atoms with van der Waals surface area (Å²) in [5.41, 5.74) is 1.87. The van der Waals surface area contributed by atoms with Crippen LogP contribution in [-0.2, 0) is 6.42 Å². The molecule has 0 heterocycles. The number of aromatic hydroxyl groups is 2. The normalized spacial score (nSPS) is 10.3. The van der Waals surface area contributed by atoms with Crippen LogP contribution in [0.25, 0.3) is 0 Å². The van der Waals surface area contributed by atoms with Gasteiger partial charge in [-0.1, -0.05) is 24.3 Å². The van der Waals surface area contributed by atoms with Gasteiger partial charge in [0.05, 0.1) is 6.61 Å². The molecule has 0 aliphatic rings. The monoisotopic (exact) mass is 244 g/mol. The second-order valence-electron chi connectivity index (χ2n) is 4.20. The minimum Gasteiger partial charge on any atom is -0.508 e. The van der Waals surface area contributed by atoms with Crippen molar-refractivity contribution in [3.05, 3.63) is 53.6 Å². The fourth-order valence-corrected chi connectivity index (χ4v) is 1.74. The van der Waals surface area contributed by atoms with E-state index in [0.717, 1.165) is 11.1 Å². The van der Waals surface area contributed by atoms with Gasteiger partial charge in [-0.05, 0) is 36.2 Å². The molecular weight excluding hydrogens is 228 g/mol. The maximum absolute atomic E-state index is 9.74. The zero-order valence-electron chi connectivity index (χ0n) is 10.3. The van der Waals surface area contributed by atoms with E-state index in [9.17, 15) is 10.2 Å². The predicted molar refractivity (Wildman–Crippen MR) is 70.1 cm³/mol. The SMILES string of the molecule is Cc1ccc(CCOc2ccccc2O)c(O)c1. The predicted octanol–water partition coefficient (Wildman–Crippen LogP) is 3.03. The first-order valence-electron chi connectivity index (χ1n) is 5.86. The zero-order valence-corrected chi connectivity index (χ0v) is 10.3. The molecule has 18 heavy (non-hydrogen) atoms. The van der Waals surface area contributed by atoms with Crippen LogP contribution >= 0.6 is 0 Å². The minimum absolute atomic E-state index is 0.130. The first-order chi connectivity index (χ1) is 8.66. The fourth-order valence-electron chi connectivity index (χ4n) is 1.74. The van der Waals surface area contributed by atoms with Gasteiger partial charge in [0.25, 0.3) is 0 Å². The summed E-state index contributed by atoms with van der Waals surface area (Å²) in [4.78, 5) is 0. The molecule has 0 aromatic heterocycles. The van der Waals surface area contributed by atoms with Crippen molar-refractivity contribution in [2.75, 3.05) is 6.61 Å². The van der Waals surface area contributed by atoms with Crippen LogP contribution < -0.4 is 4.74 Å². The molecule has 2 aromatic rings. The van der Waals surface area contributed by atoms with Crippen LogP contribution in [0.3, 0.4) is 0 Å². The summed E-state index contributed by atoms with van der Waals surface area (Å²) in [6, 6.07) is 12.4. The van der Waals surface area contributed by atoms with Gasteiger partial charge in [0, 0.05) is 6.42 Å².